The molecule has 0 radical (unpaired) electrons. The van der Waals surface area contributed by atoms with E-state index in [0.717, 1.165) is 18.4 Å². The van der Waals surface area contributed by atoms with Crippen LogP contribution in [0.3, 0.4) is 0 Å². The number of aliphatic imine (C=N–C) groups is 1. The molecule has 0 saturated carbocycles. The topological polar surface area (TPSA) is 74.3 Å². The first-order valence-electron chi connectivity index (χ1n) is 14.6. The Kier molecular flexibility index (Phi) is 8.66. The molecule has 2 aromatic heterocycles. The van der Waals surface area contributed by atoms with Crippen LogP contribution in [0, 0.1) is 5.82 Å². The maximum absolute atomic E-state index is 15.2. The van der Waals surface area contributed by atoms with Crippen LogP contribution in [0.1, 0.15) is 64.9 Å². The van der Waals surface area contributed by atoms with Gasteiger partial charge in [-0.25, -0.2) is 19.0 Å². The number of hydrogen-bond donors (Lipinski definition) is 0. The van der Waals surface area contributed by atoms with Crippen molar-refractivity contribution in [2.24, 2.45) is 4.99 Å². The van der Waals surface area contributed by atoms with Gasteiger partial charge in [-0.05, 0) is 82.2 Å². The maximum Gasteiger partial charge on any atom is 0.266 e. The summed E-state index contributed by atoms with van der Waals surface area (Å²) in [6.07, 6.45) is 3.38. The minimum Gasteiger partial charge on any atom is -0.488 e. The van der Waals surface area contributed by atoms with Crippen LogP contribution in [0.2, 0.25) is 0 Å². The van der Waals surface area contributed by atoms with Gasteiger partial charge in [0.05, 0.1) is 22.7 Å². The van der Waals surface area contributed by atoms with Crippen LogP contribution in [0.5, 0.6) is 5.75 Å². The van der Waals surface area contributed by atoms with E-state index in [-0.39, 0.29) is 17.4 Å². The van der Waals surface area contributed by atoms with E-state index >= 15 is 4.39 Å². The van der Waals surface area contributed by atoms with Gasteiger partial charge >= 0.3 is 0 Å². The molecule has 2 heterocycles. The second kappa shape index (κ2) is 12.6. The summed E-state index contributed by atoms with van der Waals surface area (Å²) < 4.78 is 24.2. The lowest BCUT2D eigenvalue weighted by atomic mass is 10.0. The molecule has 43 heavy (non-hydrogen) atoms. The van der Waals surface area contributed by atoms with E-state index in [1.807, 2.05) is 82.4 Å². The van der Waals surface area contributed by atoms with Crippen molar-refractivity contribution in [2.75, 3.05) is 0 Å². The molecule has 0 saturated heterocycles. The predicted octanol–water partition coefficient (Wildman–Crippen LogP) is 8.32. The van der Waals surface area contributed by atoms with Crippen molar-refractivity contribution in [2.45, 2.75) is 59.6 Å². The predicted molar refractivity (Wildman–Crippen MR) is 172 cm³/mol. The van der Waals surface area contributed by atoms with E-state index in [1.165, 1.54) is 6.07 Å². The summed E-state index contributed by atoms with van der Waals surface area (Å²) in [4.78, 5) is 23.8. The van der Waals surface area contributed by atoms with Gasteiger partial charge in [-0.1, -0.05) is 50.3 Å². The normalized spacial score (nSPS) is 12.3. The molecule has 8 heteroatoms. The lowest BCUT2D eigenvalue weighted by Crippen LogP contribution is -2.27. The number of fused-ring (bicyclic) bond motifs is 1. The largest absolute Gasteiger partial charge is 0.488 e. The molecule has 0 spiro atoms. The Labute approximate surface area is 251 Å². The number of nitrogens with zero attached hydrogens (tertiary/aromatic N) is 5. The van der Waals surface area contributed by atoms with E-state index < -0.39 is 11.9 Å². The molecule has 0 fully saturated rings. The molecule has 5 aromatic rings. The van der Waals surface area contributed by atoms with Crippen molar-refractivity contribution >= 4 is 28.5 Å². The molecule has 0 aliphatic rings. The molecule has 7 nitrogen and oxygen atoms in total. The molecule has 0 amide bonds. The molecule has 0 bridgehead atoms. The number of benzene rings is 3. The molecule has 1 unspecified atom stereocenters. The first-order valence-corrected chi connectivity index (χ1v) is 14.6. The Balaban J connectivity index is 1.77. The standard InChI is InChI=1S/C35H36FN5O2/c1-7-8-20-37-34-31(22(2)3)32(25-18-19-30(28(36)21-25)43-23(4)5)39-41(34)24(6)33-38-29-17-13-12-16-27(29)35(42)40(33)26-14-10-9-11-15-26/h9-21,23-24H,2,7-8H2,1,3-6H3. The zero-order valence-corrected chi connectivity index (χ0v) is 25.2. The molecule has 5 rings (SSSR count). The summed E-state index contributed by atoms with van der Waals surface area (Å²) in [6, 6.07) is 21.1. The highest BCUT2D eigenvalue weighted by Crippen LogP contribution is 2.39. The van der Waals surface area contributed by atoms with Gasteiger partial charge in [0.15, 0.2) is 17.4 Å². The fourth-order valence-electron chi connectivity index (χ4n) is 5.06. The van der Waals surface area contributed by atoms with Crippen molar-refractivity contribution in [3.8, 4) is 22.7 Å². The van der Waals surface area contributed by atoms with Crippen molar-refractivity contribution in [1.29, 1.82) is 0 Å². The highest BCUT2D eigenvalue weighted by atomic mass is 19.1. The van der Waals surface area contributed by atoms with Crippen LogP contribution in [0.4, 0.5) is 10.2 Å². The Hall–Kier alpha value is -4.85. The molecular formula is C35H36FN5O2. The lowest BCUT2D eigenvalue weighted by molar-refractivity contribution is 0.231. The quantitative estimate of drug-likeness (QED) is 0.156. The number of aromatic nitrogens is 4. The number of allylic oxidation sites excluding steroid dienone is 1. The van der Waals surface area contributed by atoms with Gasteiger partial charge in [-0.15, -0.1) is 0 Å². The number of ether oxygens (including phenoxy) is 1. The van der Waals surface area contributed by atoms with Crippen LogP contribution in [-0.4, -0.2) is 31.7 Å². The highest BCUT2D eigenvalue weighted by molar-refractivity contribution is 5.85. The molecule has 0 aliphatic heterocycles. The van der Waals surface area contributed by atoms with Gasteiger partial charge in [0, 0.05) is 17.3 Å². The minimum absolute atomic E-state index is 0.164. The van der Waals surface area contributed by atoms with E-state index in [4.69, 9.17) is 19.8 Å². The zero-order chi connectivity index (χ0) is 30.7. The van der Waals surface area contributed by atoms with Crippen LogP contribution in [-0.2, 0) is 0 Å². The first kappa shape index (κ1) is 29.6. The summed E-state index contributed by atoms with van der Waals surface area (Å²) in [5.74, 6) is 0.757. The van der Waals surface area contributed by atoms with Crippen LogP contribution < -0.4 is 10.3 Å². The van der Waals surface area contributed by atoms with Crippen LogP contribution in [0.15, 0.2) is 89.2 Å². The number of hydrogen-bond acceptors (Lipinski definition) is 5. The van der Waals surface area contributed by atoms with Crippen molar-refractivity contribution in [3.63, 3.8) is 0 Å². The van der Waals surface area contributed by atoms with E-state index in [9.17, 15) is 4.79 Å². The van der Waals surface area contributed by atoms with Gasteiger partial charge in [-0.3, -0.25) is 9.36 Å². The van der Waals surface area contributed by atoms with Crippen molar-refractivity contribution < 1.29 is 9.13 Å². The van der Waals surface area contributed by atoms with Gasteiger partial charge in [-0.2, -0.15) is 5.10 Å². The summed E-state index contributed by atoms with van der Waals surface area (Å²) in [7, 11) is 0. The molecule has 220 valence electrons. The number of para-hydroxylation sites is 2. The summed E-state index contributed by atoms with van der Waals surface area (Å²) in [6.45, 7) is 13.8. The SMILES string of the molecule is C=C(C)c1c(-c2ccc(OC(C)C)c(F)c2)nn(C(C)c2nc3ccccc3c(=O)n2-c2ccccc2)c1N=CCCC. The molecular weight excluding hydrogens is 541 g/mol. The Morgan fingerprint density at radius 1 is 1.07 bits per heavy atom. The van der Waals surface area contributed by atoms with Gasteiger partial charge < -0.3 is 4.74 Å². The number of rotatable bonds is 10. The second-order valence-corrected chi connectivity index (χ2v) is 10.8. The number of unbranched alkanes of at least 4 members (excludes halogenated alkanes) is 1. The highest BCUT2D eigenvalue weighted by Gasteiger charge is 2.27. The fraction of sp³-hybridized carbons (Fsp3) is 0.257. The Morgan fingerprint density at radius 3 is 2.47 bits per heavy atom. The van der Waals surface area contributed by atoms with Crippen molar-refractivity contribution in [1.82, 2.24) is 19.3 Å². The molecule has 3 aromatic carbocycles. The smallest absolute Gasteiger partial charge is 0.266 e. The first-order chi connectivity index (χ1) is 20.7. The fourth-order valence-corrected chi connectivity index (χ4v) is 5.06. The molecule has 0 aliphatic carbocycles. The third-order valence-corrected chi connectivity index (χ3v) is 7.07. The van der Waals surface area contributed by atoms with E-state index in [2.05, 4.69) is 13.5 Å². The van der Waals surface area contributed by atoms with Gasteiger partial charge in [0.1, 0.15) is 17.6 Å². The molecule has 1 atom stereocenters. The third-order valence-electron chi connectivity index (χ3n) is 7.07. The third kappa shape index (κ3) is 5.91. The van der Waals surface area contributed by atoms with Crippen LogP contribution >= 0.6 is 0 Å². The van der Waals surface area contributed by atoms with E-state index in [1.54, 1.807) is 27.4 Å². The van der Waals surface area contributed by atoms with Crippen molar-refractivity contribution in [3.05, 3.63) is 107 Å². The molecule has 0 N–H and O–H groups in total. The summed E-state index contributed by atoms with van der Waals surface area (Å²) >= 11 is 0. The maximum atomic E-state index is 15.2. The van der Waals surface area contributed by atoms with Crippen LogP contribution in [0.25, 0.3) is 33.4 Å². The average Bonchev–Trinajstić information content (AvgIpc) is 3.38. The minimum atomic E-state index is -0.536. The average molecular weight is 578 g/mol. The number of halogens is 1. The summed E-state index contributed by atoms with van der Waals surface area (Å²) in [5.41, 5.74) is 3.64. The van der Waals surface area contributed by atoms with E-state index in [0.29, 0.717) is 45.1 Å². The monoisotopic (exact) mass is 577 g/mol. The Morgan fingerprint density at radius 2 is 1.79 bits per heavy atom. The van der Waals surface area contributed by atoms with Gasteiger partial charge in [0.25, 0.3) is 5.56 Å². The summed E-state index contributed by atoms with van der Waals surface area (Å²) in [5, 5.41) is 5.53. The lowest BCUT2D eigenvalue weighted by Gasteiger charge is -2.20. The Bertz CT molecular complexity index is 1870. The van der Waals surface area contributed by atoms with Gasteiger partial charge in [0.2, 0.25) is 0 Å². The second-order valence-electron chi connectivity index (χ2n) is 10.8. The zero-order valence-electron chi connectivity index (χ0n) is 25.2.